The molecule has 0 saturated carbocycles. The van der Waals surface area contributed by atoms with E-state index in [2.05, 4.69) is 5.10 Å². The number of aldehydes is 1. The monoisotopic (exact) mass is 178 g/mol. The summed E-state index contributed by atoms with van der Waals surface area (Å²) in [5, 5.41) is 3.11. The maximum atomic E-state index is 12.0. The molecule has 0 amide bonds. The molecule has 0 radical (unpaired) electrons. The molecule has 1 heterocycles. The summed E-state index contributed by atoms with van der Waals surface area (Å²) in [6, 6.07) is 0. The molecule has 1 rings (SSSR count). The van der Waals surface area contributed by atoms with Crippen molar-refractivity contribution in [1.29, 1.82) is 0 Å². The number of halogens is 3. The average molecular weight is 178 g/mol. The lowest BCUT2D eigenvalue weighted by atomic mass is 10.3. The van der Waals surface area contributed by atoms with Gasteiger partial charge in [-0.05, 0) is 0 Å². The van der Waals surface area contributed by atoms with Gasteiger partial charge in [0.05, 0.1) is 5.56 Å². The van der Waals surface area contributed by atoms with Gasteiger partial charge in [0.15, 0.2) is 12.0 Å². The third kappa shape index (κ3) is 1.46. The van der Waals surface area contributed by atoms with Gasteiger partial charge in [-0.3, -0.25) is 9.48 Å². The lowest BCUT2D eigenvalue weighted by molar-refractivity contribution is -0.141. The molecule has 0 aliphatic heterocycles. The first kappa shape index (κ1) is 8.76. The highest BCUT2D eigenvalue weighted by molar-refractivity contribution is 5.76. The summed E-state index contributed by atoms with van der Waals surface area (Å²) in [7, 11) is 1.32. The Bertz CT molecular complexity index is 302. The van der Waals surface area contributed by atoms with E-state index in [9.17, 15) is 18.0 Å². The minimum atomic E-state index is -4.56. The van der Waals surface area contributed by atoms with Crippen molar-refractivity contribution in [3.63, 3.8) is 0 Å². The van der Waals surface area contributed by atoms with Gasteiger partial charge >= 0.3 is 6.18 Å². The molecule has 1 aromatic rings. The topological polar surface area (TPSA) is 34.9 Å². The second-order valence-electron chi connectivity index (χ2n) is 2.22. The number of aromatic nitrogens is 2. The first-order valence-corrected chi connectivity index (χ1v) is 3.01. The van der Waals surface area contributed by atoms with Crippen molar-refractivity contribution in [1.82, 2.24) is 9.78 Å². The number of aryl methyl sites for hydroxylation is 1. The van der Waals surface area contributed by atoms with Crippen LogP contribution in [-0.4, -0.2) is 16.1 Å². The lowest BCUT2D eigenvalue weighted by Gasteiger charge is -2.01. The van der Waals surface area contributed by atoms with Gasteiger partial charge in [-0.1, -0.05) is 0 Å². The second-order valence-corrected chi connectivity index (χ2v) is 2.22. The second kappa shape index (κ2) is 2.62. The van der Waals surface area contributed by atoms with Gasteiger partial charge < -0.3 is 0 Å². The molecular weight excluding hydrogens is 173 g/mol. The van der Waals surface area contributed by atoms with E-state index in [-0.39, 0.29) is 6.29 Å². The van der Waals surface area contributed by atoms with Crippen LogP contribution in [0.5, 0.6) is 0 Å². The first-order valence-electron chi connectivity index (χ1n) is 3.01. The molecule has 3 nitrogen and oxygen atoms in total. The number of hydrogen-bond donors (Lipinski definition) is 0. The summed E-state index contributed by atoms with van der Waals surface area (Å²) in [6.07, 6.45) is -3.40. The molecule has 12 heavy (non-hydrogen) atoms. The molecule has 0 atom stereocenters. The zero-order valence-corrected chi connectivity index (χ0v) is 6.09. The zero-order chi connectivity index (χ0) is 9.35. The predicted molar refractivity (Wildman–Crippen MR) is 33.6 cm³/mol. The lowest BCUT2D eigenvalue weighted by Crippen LogP contribution is -2.09. The largest absolute Gasteiger partial charge is 0.435 e. The minimum Gasteiger partial charge on any atom is -0.298 e. The summed E-state index contributed by atoms with van der Waals surface area (Å²) in [6.45, 7) is 0. The molecule has 0 bridgehead atoms. The number of carbonyl (C=O) groups is 1. The van der Waals surface area contributed by atoms with Gasteiger partial charge in [0.1, 0.15) is 0 Å². The Labute approximate surface area is 65.8 Å². The highest BCUT2D eigenvalue weighted by Crippen LogP contribution is 2.29. The molecule has 0 aliphatic carbocycles. The smallest absolute Gasteiger partial charge is 0.298 e. The maximum absolute atomic E-state index is 12.0. The van der Waals surface area contributed by atoms with Crippen LogP contribution in [0.3, 0.4) is 0 Å². The molecule has 0 spiro atoms. The van der Waals surface area contributed by atoms with E-state index >= 15 is 0 Å². The van der Waals surface area contributed by atoms with Crippen molar-refractivity contribution in [2.24, 2.45) is 7.05 Å². The minimum absolute atomic E-state index is 0.135. The number of nitrogens with zero attached hydrogens (tertiary/aromatic N) is 2. The highest BCUT2D eigenvalue weighted by atomic mass is 19.4. The molecule has 0 aliphatic rings. The molecule has 0 saturated heterocycles. The molecule has 0 unspecified atom stereocenters. The van der Waals surface area contributed by atoms with E-state index in [1.54, 1.807) is 0 Å². The predicted octanol–water partition coefficient (Wildman–Crippen LogP) is 1.25. The quantitative estimate of drug-likeness (QED) is 0.606. The van der Waals surface area contributed by atoms with E-state index < -0.39 is 17.4 Å². The van der Waals surface area contributed by atoms with Crippen molar-refractivity contribution in [3.8, 4) is 0 Å². The van der Waals surface area contributed by atoms with Crippen LogP contribution >= 0.6 is 0 Å². The average Bonchev–Trinajstić information content (AvgIpc) is 2.29. The Balaban J connectivity index is 3.22. The van der Waals surface area contributed by atoms with Crippen molar-refractivity contribution < 1.29 is 18.0 Å². The van der Waals surface area contributed by atoms with Crippen LogP contribution in [0.2, 0.25) is 0 Å². The summed E-state index contributed by atoms with van der Waals surface area (Å²) >= 11 is 0. The molecular formula is C6H5F3N2O. The number of carbonyl (C=O) groups excluding carboxylic acids is 1. The van der Waals surface area contributed by atoms with Gasteiger partial charge in [0.2, 0.25) is 0 Å². The number of hydrogen-bond acceptors (Lipinski definition) is 2. The van der Waals surface area contributed by atoms with Crippen LogP contribution in [-0.2, 0) is 13.2 Å². The maximum Gasteiger partial charge on any atom is 0.435 e. The number of rotatable bonds is 1. The molecule has 0 fully saturated rings. The Kier molecular flexibility index (Phi) is 1.91. The summed E-state index contributed by atoms with van der Waals surface area (Å²) in [5.74, 6) is 0. The van der Waals surface area contributed by atoms with Gasteiger partial charge in [-0.15, -0.1) is 0 Å². The molecule has 1 aromatic heterocycles. The molecule has 0 N–H and O–H groups in total. The molecule has 6 heteroatoms. The Morgan fingerprint density at radius 2 is 2.17 bits per heavy atom. The standard InChI is InChI=1S/C6H5F3N2O/c1-11-2-4(3-12)5(10-11)6(7,8)9/h2-3H,1H3. The van der Waals surface area contributed by atoms with E-state index in [0.29, 0.717) is 0 Å². The third-order valence-electron chi connectivity index (χ3n) is 1.25. The van der Waals surface area contributed by atoms with Crippen molar-refractivity contribution in [3.05, 3.63) is 17.5 Å². The van der Waals surface area contributed by atoms with Gasteiger partial charge in [0, 0.05) is 13.2 Å². The zero-order valence-electron chi connectivity index (χ0n) is 6.09. The fourth-order valence-electron chi connectivity index (χ4n) is 0.813. The van der Waals surface area contributed by atoms with Crippen LogP contribution in [0.4, 0.5) is 13.2 Å². The Morgan fingerprint density at radius 1 is 1.58 bits per heavy atom. The van der Waals surface area contributed by atoms with Crippen molar-refractivity contribution >= 4 is 6.29 Å². The van der Waals surface area contributed by atoms with Crippen LogP contribution in [0.1, 0.15) is 16.1 Å². The normalized spacial score (nSPS) is 11.7. The van der Waals surface area contributed by atoms with Crippen molar-refractivity contribution in [2.75, 3.05) is 0 Å². The van der Waals surface area contributed by atoms with E-state index in [4.69, 9.17) is 0 Å². The van der Waals surface area contributed by atoms with E-state index in [1.807, 2.05) is 0 Å². The van der Waals surface area contributed by atoms with Crippen molar-refractivity contribution in [2.45, 2.75) is 6.18 Å². The van der Waals surface area contributed by atoms with Crippen LogP contribution < -0.4 is 0 Å². The fourth-order valence-corrected chi connectivity index (χ4v) is 0.813. The van der Waals surface area contributed by atoms with Crippen LogP contribution in [0.25, 0.3) is 0 Å². The van der Waals surface area contributed by atoms with Crippen LogP contribution in [0.15, 0.2) is 6.20 Å². The van der Waals surface area contributed by atoms with Gasteiger partial charge in [-0.25, -0.2) is 0 Å². The third-order valence-corrected chi connectivity index (χ3v) is 1.25. The van der Waals surface area contributed by atoms with Crippen LogP contribution in [0, 0.1) is 0 Å². The van der Waals surface area contributed by atoms with E-state index in [0.717, 1.165) is 10.9 Å². The van der Waals surface area contributed by atoms with Gasteiger partial charge in [-0.2, -0.15) is 18.3 Å². The Hall–Kier alpha value is -1.33. The summed E-state index contributed by atoms with van der Waals surface area (Å²) < 4.78 is 37.0. The fraction of sp³-hybridized carbons (Fsp3) is 0.333. The molecule has 66 valence electrons. The van der Waals surface area contributed by atoms with E-state index in [1.165, 1.54) is 7.05 Å². The molecule has 0 aromatic carbocycles. The Morgan fingerprint density at radius 3 is 2.50 bits per heavy atom. The summed E-state index contributed by atoms with van der Waals surface area (Å²) in [4.78, 5) is 10.1. The first-order chi connectivity index (χ1) is 5.45. The SMILES string of the molecule is Cn1cc(C=O)c(C(F)(F)F)n1. The number of alkyl halides is 3. The highest BCUT2D eigenvalue weighted by Gasteiger charge is 2.36. The van der Waals surface area contributed by atoms with Gasteiger partial charge in [0.25, 0.3) is 0 Å². The summed E-state index contributed by atoms with van der Waals surface area (Å²) in [5.41, 5.74) is -1.58.